The molecule has 0 aliphatic rings. The van der Waals surface area contributed by atoms with Crippen LogP contribution >= 0.6 is 24.0 Å². The zero-order valence-electron chi connectivity index (χ0n) is 32.5. The van der Waals surface area contributed by atoms with E-state index in [0.29, 0.717) is 31.7 Å². The van der Waals surface area contributed by atoms with Crippen LogP contribution in [0.3, 0.4) is 0 Å². The molecule has 2 heterocycles. The lowest BCUT2D eigenvalue weighted by atomic mass is 10.0. The molecule has 0 saturated heterocycles. The average Bonchev–Trinajstić information content (AvgIpc) is 3.73. The molecule has 9 nitrogen and oxygen atoms in total. The first-order valence-electron chi connectivity index (χ1n) is 20.1. The average molecular weight is 849 g/mol. The zero-order chi connectivity index (χ0) is 37.8. The van der Waals surface area contributed by atoms with Crippen LogP contribution < -0.4 is 11.1 Å². The first-order valence-corrected chi connectivity index (χ1v) is 20.1. The number of aromatic nitrogens is 2. The molecular formula is C43H69IN4O5. The standard InChI is InChI=1S/C20H40O2.C13H16N2O2.C10H12N2O.HI/c1-2-3-4-5-6-7-8-9-10-11-12-13-14-15-16-17-18-19-20(21)22;1-2-13(17)14-6-5-9-8-15-12-4-3-10(16)7-11(9)12;11-4-3-7-6-12-10-2-1-8(13)5-9(7)10;/h2-19H2,1H3,(H,21,22);3-4,7-8,15-16H,2,5-6H2,1H3,(H,14,17);1-2,5-6,12-13H,3-4,11H2;1H. The minimum atomic E-state index is -0.652. The second kappa shape index (κ2) is 30.1. The van der Waals surface area contributed by atoms with E-state index in [-0.39, 0.29) is 35.6 Å². The second-order valence-electron chi connectivity index (χ2n) is 13.9. The molecule has 0 atom stereocenters. The second-order valence-corrected chi connectivity index (χ2v) is 13.9. The fraction of sp³-hybridized carbons (Fsp3) is 0.581. The number of aliphatic carboxylic acids is 1. The van der Waals surface area contributed by atoms with Gasteiger partial charge in [-0.05, 0) is 73.3 Å². The van der Waals surface area contributed by atoms with Crippen LogP contribution in [-0.4, -0.2) is 50.3 Å². The van der Waals surface area contributed by atoms with Crippen LogP contribution in [-0.2, 0) is 22.4 Å². The van der Waals surface area contributed by atoms with Gasteiger partial charge in [-0.3, -0.25) is 9.59 Å². The Morgan fingerprint density at radius 1 is 0.642 bits per heavy atom. The van der Waals surface area contributed by atoms with Crippen molar-refractivity contribution in [2.45, 2.75) is 149 Å². The number of benzene rings is 2. The molecule has 1 amide bonds. The number of H-pyrrole nitrogens is 2. The van der Waals surface area contributed by atoms with Crippen LogP contribution in [0.25, 0.3) is 21.8 Å². The summed E-state index contributed by atoms with van der Waals surface area (Å²) in [7, 11) is 0. The summed E-state index contributed by atoms with van der Waals surface area (Å²) in [6.07, 6.45) is 29.1. The summed E-state index contributed by atoms with van der Waals surface area (Å²) < 4.78 is 0. The molecule has 0 aliphatic carbocycles. The van der Waals surface area contributed by atoms with Crippen LogP contribution in [0.5, 0.6) is 11.5 Å². The first-order chi connectivity index (χ1) is 25.3. The van der Waals surface area contributed by atoms with E-state index in [2.05, 4.69) is 22.2 Å². The highest BCUT2D eigenvalue weighted by Gasteiger charge is 2.06. The molecule has 0 fully saturated rings. The normalized spacial score (nSPS) is 10.6. The fourth-order valence-electron chi connectivity index (χ4n) is 6.36. The molecule has 0 bridgehead atoms. The third-order valence-electron chi connectivity index (χ3n) is 9.45. The van der Waals surface area contributed by atoms with Crippen LogP contribution in [0.15, 0.2) is 48.8 Å². The molecule has 4 rings (SSSR count). The Balaban J connectivity index is 0.000000405. The number of hydrogen-bond donors (Lipinski definition) is 7. The molecule has 4 aromatic rings. The summed E-state index contributed by atoms with van der Waals surface area (Å²) >= 11 is 0. The summed E-state index contributed by atoms with van der Waals surface area (Å²) in [4.78, 5) is 27.7. The Hall–Kier alpha value is -3.25. The molecule has 0 radical (unpaired) electrons. The monoisotopic (exact) mass is 848 g/mol. The summed E-state index contributed by atoms with van der Waals surface area (Å²) in [5, 5.41) is 32.2. The highest BCUT2D eigenvalue weighted by atomic mass is 127. The molecular weight excluding hydrogens is 779 g/mol. The lowest BCUT2D eigenvalue weighted by Gasteiger charge is -2.03. The van der Waals surface area contributed by atoms with Crippen LogP contribution in [0.4, 0.5) is 0 Å². The van der Waals surface area contributed by atoms with E-state index < -0.39 is 5.97 Å². The van der Waals surface area contributed by atoms with Crippen LogP contribution in [0, 0.1) is 0 Å². The van der Waals surface area contributed by atoms with Gasteiger partial charge in [0, 0.05) is 53.6 Å². The fourth-order valence-corrected chi connectivity index (χ4v) is 6.36. The molecule has 0 aliphatic heterocycles. The predicted octanol–water partition coefficient (Wildman–Crippen LogP) is 11.0. The van der Waals surface area contributed by atoms with Gasteiger partial charge in [0.1, 0.15) is 11.5 Å². The summed E-state index contributed by atoms with van der Waals surface area (Å²) in [5.41, 5.74) is 9.78. The van der Waals surface area contributed by atoms with Crippen molar-refractivity contribution < 1.29 is 24.9 Å². The van der Waals surface area contributed by atoms with Crippen molar-refractivity contribution in [3.8, 4) is 11.5 Å². The van der Waals surface area contributed by atoms with Gasteiger partial charge in [0.05, 0.1) is 0 Å². The maximum atomic E-state index is 11.1. The Kier molecular flexibility index (Phi) is 27.1. The minimum Gasteiger partial charge on any atom is -0.508 e. The number of fused-ring (bicyclic) bond motifs is 2. The van der Waals surface area contributed by atoms with Crippen molar-refractivity contribution in [3.05, 3.63) is 59.9 Å². The topological polar surface area (TPSA) is 164 Å². The van der Waals surface area contributed by atoms with E-state index in [1.165, 1.54) is 96.3 Å². The van der Waals surface area contributed by atoms with E-state index in [0.717, 1.165) is 58.6 Å². The predicted molar refractivity (Wildman–Crippen MR) is 232 cm³/mol. The Morgan fingerprint density at radius 3 is 1.45 bits per heavy atom. The molecule has 0 unspecified atom stereocenters. The zero-order valence-corrected chi connectivity index (χ0v) is 34.9. The Bertz CT molecular complexity index is 1540. The van der Waals surface area contributed by atoms with E-state index in [1.54, 1.807) is 24.3 Å². The van der Waals surface area contributed by atoms with Gasteiger partial charge in [-0.2, -0.15) is 0 Å². The summed E-state index contributed by atoms with van der Waals surface area (Å²) in [5.74, 6) is -0.0324. The van der Waals surface area contributed by atoms with Gasteiger partial charge in [-0.25, -0.2) is 0 Å². The third-order valence-corrected chi connectivity index (χ3v) is 9.45. The third kappa shape index (κ3) is 21.3. The van der Waals surface area contributed by atoms with Gasteiger partial charge in [-0.1, -0.05) is 117 Å². The number of halogens is 1. The molecule has 0 spiro atoms. The minimum absolute atomic E-state index is 0. The van der Waals surface area contributed by atoms with Gasteiger partial charge >= 0.3 is 5.97 Å². The van der Waals surface area contributed by atoms with Gasteiger partial charge < -0.3 is 36.3 Å². The highest BCUT2D eigenvalue weighted by molar-refractivity contribution is 14.0. The number of amides is 1. The van der Waals surface area contributed by atoms with Gasteiger partial charge in [-0.15, -0.1) is 24.0 Å². The lowest BCUT2D eigenvalue weighted by Crippen LogP contribution is -2.24. The number of aromatic amines is 2. The van der Waals surface area contributed by atoms with Gasteiger partial charge in [0.2, 0.25) is 5.91 Å². The number of nitrogens with one attached hydrogen (secondary N) is 3. The maximum absolute atomic E-state index is 11.1. The number of phenols is 2. The van der Waals surface area contributed by atoms with Crippen LogP contribution in [0.2, 0.25) is 0 Å². The van der Waals surface area contributed by atoms with E-state index in [1.807, 2.05) is 31.5 Å². The molecule has 2 aromatic heterocycles. The molecule has 10 heteroatoms. The number of carboxylic acid groups (broad SMARTS) is 1. The smallest absolute Gasteiger partial charge is 0.303 e. The van der Waals surface area contributed by atoms with Crippen molar-refractivity contribution in [1.29, 1.82) is 0 Å². The number of aromatic hydroxyl groups is 2. The molecule has 8 N–H and O–H groups in total. The van der Waals surface area contributed by atoms with Crippen molar-refractivity contribution in [1.82, 2.24) is 15.3 Å². The van der Waals surface area contributed by atoms with Crippen molar-refractivity contribution >= 4 is 57.7 Å². The number of phenolic OH excluding ortho intramolecular Hbond substituents is 2. The van der Waals surface area contributed by atoms with Crippen molar-refractivity contribution in [2.75, 3.05) is 13.1 Å². The maximum Gasteiger partial charge on any atom is 0.303 e. The van der Waals surface area contributed by atoms with Gasteiger partial charge in [0.15, 0.2) is 0 Å². The number of carbonyl (C=O) groups is 2. The van der Waals surface area contributed by atoms with E-state index >= 15 is 0 Å². The van der Waals surface area contributed by atoms with Crippen molar-refractivity contribution in [3.63, 3.8) is 0 Å². The molecule has 298 valence electrons. The largest absolute Gasteiger partial charge is 0.508 e. The summed E-state index contributed by atoms with van der Waals surface area (Å²) in [6.45, 7) is 5.36. The van der Waals surface area contributed by atoms with Crippen LogP contribution in [0.1, 0.15) is 147 Å². The molecule has 2 aromatic carbocycles. The van der Waals surface area contributed by atoms with E-state index in [4.69, 9.17) is 10.8 Å². The SMILES string of the molecule is CCC(=O)NCCc1c[nH]c2ccc(O)cc12.CCCCCCCCCCCCCCCCCCCC(=O)O.I.NCCc1c[nH]c2ccc(O)cc12. The number of rotatable bonds is 24. The van der Waals surface area contributed by atoms with Gasteiger partial charge in [0.25, 0.3) is 0 Å². The van der Waals surface area contributed by atoms with E-state index in [9.17, 15) is 19.8 Å². The Labute approximate surface area is 335 Å². The number of carboxylic acids is 1. The number of nitrogens with two attached hydrogens (primary N) is 1. The lowest BCUT2D eigenvalue weighted by molar-refractivity contribution is -0.137. The first kappa shape index (κ1) is 47.8. The number of carbonyl (C=O) groups excluding carboxylic acids is 1. The Morgan fingerprint density at radius 2 is 1.06 bits per heavy atom. The molecule has 53 heavy (non-hydrogen) atoms. The van der Waals surface area contributed by atoms with Crippen molar-refractivity contribution in [2.24, 2.45) is 5.73 Å². The number of hydrogen-bond acceptors (Lipinski definition) is 5. The number of unbranched alkanes of at least 4 members (excludes halogenated alkanes) is 16. The molecule has 0 saturated carbocycles. The highest BCUT2D eigenvalue weighted by Crippen LogP contribution is 2.24. The quantitative estimate of drug-likeness (QED) is 0.0274. The summed E-state index contributed by atoms with van der Waals surface area (Å²) in [6, 6.07) is 10.5.